The van der Waals surface area contributed by atoms with E-state index in [9.17, 15) is 24.6 Å². The van der Waals surface area contributed by atoms with Crippen molar-refractivity contribution in [1.82, 2.24) is 0 Å². The molecule has 0 amide bonds. The Morgan fingerprint density at radius 3 is 1.96 bits per heavy atom. The smallest absolute Gasteiger partial charge is 0.378 e. The fourth-order valence-corrected chi connectivity index (χ4v) is 7.46. The number of ether oxygens (including phenoxy) is 4. The van der Waals surface area contributed by atoms with E-state index in [1.165, 1.54) is 51.4 Å². The Kier molecular flexibility index (Phi) is 19.9. The second-order valence-electron chi connectivity index (χ2n) is 16.7. The Labute approximate surface area is 324 Å². The highest BCUT2D eigenvalue weighted by Crippen LogP contribution is 2.38. The van der Waals surface area contributed by atoms with E-state index in [0.717, 1.165) is 93.3 Å². The van der Waals surface area contributed by atoms with Gasteiger partial charge in [-0.2, -0.15) is 0 Å². The van der Waals surface area contributed by atoms with Gasteiger partial charge >= 0.3 is 17.9 Å². The van der Waals surface area contributed by atoms with Crippen molar-refractivity contribution < 1.29 is 48.7 Å². The van der Waals surface area contributed by atoms with Crippen molar-refractivity contribution in [3.05, 3.63) is 35.3 Å². The SMILES string of the molecule is CC(C)CCC[C@@H](C)CCC[C@@H](C)CCC[C@]1(C)CCc2cc(OC(=O)CCCCCCCCCCC(=O)OC3=C(O)[C@@H](C(O)CO)OC3=O)ccc2O1. The van der Waals surface area contributed by atoms with Gasteiger partial charge in [0.05, 0.1) is 6.61 Å². The molecule has 0 fully saturated rings. The second kappa shape index (κ2) is 23.7. The summed E-state index contributed by atoms with van der Waals surface area (Å²) in [6.45, 7) is 11.0. The first-order chi connectivity index (χ1) is 25.8. The van der Waals surface area contributed by atoms with Crippen LogP contribution in [-0.4, -0.2) is 57.6 Å². The molecule has 1 aromatic rings. The Hall–Kier alpha value is -3.11. The van der Waals surface area contributed by atoms with Crippen LogP contribution in [0.25, 0.3) is 0 Å². The standard InChI is InChI=1S/C44H70O10/c1-31(2)17-14-18-32(3)19-15-20-33(4)21-16-27-44(5)28-26-34-29-35(24-25-37(34)54-44)51-38(47)22-12-10-8-6-7-9-11-13-23-39(48)52-42-40(49)41(36(46)30-45)53-43(42)50/h24-25,29,31-33,36,41,45-46,49H,6-23,26-28,30H2,1-5H3/t32-,33-,36?,41-,44-/m1/s1. The van der Waals surface area contributed by atoms with E-state index in [1.54, 1.807) is 0 Å². The summed E-state index contributed by atoms with van der Waals surface area (Å²) >= 11 is 0. The van der Waals surface area contributed by atoms with Gasteiger partial charge in [-0.05, 0) is 87.0 Å². The number of rotatable bonds is 27. The van der Waals surface area contributed by atoms with Crippen LogP contribution in [0.15, 0.2) is 29.7 Å². The Morgan fingerprint density at radius 1 is 0.815 bits per heavy atom. The predicted molar refractivity (Wildman–Crippen MR) is 209 cm³/mol. The van der Waals surface area contributed by atoms with Crippen LogP contribution in [0, 0.1) is 17.8 Å². The van der Waals surface area contributed by atoms with Gasteiger partial charge in [0.25, 0.3) is 5.76 Å². The van der Waals surface area contributed by atoms with E-state index in [2.05, 4.69) is 34.6 Å². The maximum atomic E-state index is 12.5. The fraction of sp³-hybridized carbons (Fsp3) is 0.750. The van der Waals surface area contributed by atoms with E-state index in [4.69, 9.17) is 24.1 Å². The predicted octanol–water partition coefficient (Wildman–Crippen LogP) is 9.61. The number of cyclic esters (lactones) is 1. The molecule has 54 heavy (non-hydrogen) atoms. The lowest BCUT2D eigenvalue weighted by molar-refractivity contribution is -0.153. The molecule has 2 heterocycles. The lowest BCUT2D eigenvalue weighted by atomic mass is 9.86. The molecule has 0 radical (unpaired) electrons. The summed E-state index contributed by atoms with van der Waals surface area (Å²) in [7, 11) is 0. The summed E-state index contributed by atoms with van der Waals surface area (Å²) in [5.41, 5.74) is 0.953. The van der Waals surface area contributed by atoms with Crippen molar-refractivity contribution in [3.63, 3.8) is 0 Å². The molecule has 2 aliphatic rings. The number of hydrogen-bond acceptors (Lipinski definition) is 10. The minimum absolute atomic E-state index is 0.0775. The number of aliphatic hydroxyl groups excluding tert-OH is 3. The molecule has 0 spiro atoms. The number of unbranched alkanes of at least 4 members (excludes halogenated alkanes) is 7. The highest BCUT2D eigenvalue weighted by Gasteiger charge is 2.41. The summed E-state index contributed by atoms with van der Waals surface area (Å²) in [5.74, 6) is 0.643. The minimum Gasteiger partial charge on any atom is -0.505 e. The maximum Gasteiger partial charge on any atom is 0.378 e. The Morgan fingerprint density at radius 2 is 1.37 bits per heavy atom. The highest BCUT2D eigenvalue weighted by atomic mass is 16.6. The molecule has 306 valence electrons. The largest absolute Gasteiger partial charge is 0.505 e. The number of benzene rings is 1. The number of carbonyl (C=O) groups excluding carboxylic acids is 3. The number of esters is 3. The number of aryl methyl sites for hydroxylation is 1. The molecule has 0 saturated heterocycles. The Bertz CT molecular complexity index is 1340. The summed E-state index contributed by atoms with van der Waals surface area (Å²) in [5, 5.41) is 28.6. The zero-order valence-electron chi connectivity index (χ0n) is 33.9. The first kappa shape index (κ1) is 45.3. The molecule has 1 unspecified atom stereocenters. The molecule has 0 aliphatic carbocycles. The molecule has 10 heteroatoms. The van der Waals surface area contributed by atoms with Gasteiger partial charge in [-0.25, -0.2) is 4.79 Å². The summed E-state index contributed by atoms with van der Waals surface area (Å²) in [6.07, 6.45) is 18.1. The average molecular weight is 759 g/mol. The first-order valence-corrected chi connectivity index (χ1v) is 21.0. The fourth-order valence-electron chi connectivity index (χ4n) is 7.46. The van der Waals surface area contributed by atoms with E-state index >= 15 is 0 Å². The van der Waals surface area contributed by atoms with Crippen molar-refractivity contribution in [2.24, 2.45) is 17.8 Å². The van der Waals surface area contributed by atoms with Crippen LogP contribution in [0.4, 0.5) is 0 Å². The zero-order valence-corrected chi connectivity index (χ0v) is 33.9. The molecular weight excluding hydrogens is 688 g/mol. The third kappa shape index (κ3) is 16.3. The van der Waals surface area contributed by atoms with Crippen molar-refractivity contribution in [1.29, 1.82) is 0 Å². The number of fused-ring (bicyclic) bond motifs is 1. The Balaban J connectivity index is 1.20. The van der Waals surface area contributed by atoms with Crippen LogP contribution in [0.1, 0.15) is 169 Å². The monoisotopic (exact) mass is 758 g/mol. The van der Waals surface area contributed by atoms with E-state index < -0.39 is 42.3 Å². The molecule has 0 aromatic heterocycles. The average Bonchev–Trinajstić information content (AvgIpc) is 3.40. The van der Waals surface area contributed by atoms with Crippen LogP contribution in [0.5, 0.6) is 11.5 Å². The molecule has 10 nitrogen and oxygen atoms in total. The third-order valence-electron chi connectivity index (χ3n) is 11.0. The molecule has 1 aromatic carbocycles. The molecular formula is C44H70O10. The molecule has 5 atom stereocenters. The molecule has 0 bridgehead atoms. The van der Waals surface area contributed by atoms with E-state index in [-0.39, 0.29) is 18.0 Å². The van der Waals surface area contributed by atoms with Crippen molar-refractivity contribution in [2.75, 3.05) is 6.61 Å². The van der Waals surface area contributed by atoms with Gasteiger partial charge in [0.2, 0.25) is 0 Å². The highest BCUT2D eigenvalue weighted by molar-refractivity contribution is 5.92. The zero-order chi connectivity index (χ0) is 39.5. The van der Waals surface area contributed by atoms with E-state index in [0.29, 0.717) is 18.6 Å². The van der Waals surface area contributed by atoms with Crippen molar-refractivity contribution >= 4 is 17.9 Å². The van der Waals surface area contributed by atoms with Gasteiger partial charge in [-0.3, -0.25) is 9.59 Å². The van der Waals surface area contributed by atoms with Crippen LogP contribution >= 0.6 is 0 Å². The number of carbonyl (C=O) groups is 3. The van der Waals surface area contributed by atoms with Gasteiger partial charge in [0.15, 0.2) is 11.9 Å². The number of aliphatic hydroxyl groups is 3. The normalized spacial score (nSPS) is 19.9. The summed E-state index contributed by atoms with van der Waals surface area (Å²) in [6, 6.07) is 5.76. The lowest BCUT2D eigenvalue weighted by Crippen LogP contribution is -2.36. The van der Waals surface area contributed by atoms with Gasteiger partial charge in [0, 0.05) is 12.8 Å². The van der Waals surface area contributed by atoms with Gasteiger partial charge in [-0.15, -0.1) is 0 Å². The topological polar surface area (TPSA) is 149 Å². The minimum atomic E-state index is -1.50. The molecule has 3 N–H and O–H groups in total. The van der Waals surface area contributed by atoms with Crippen LogP contribution in [0.2, 0.25) is 0 Å². The molecule has 2 aliphatic heterocycles. The van der Waals surface area contributed by atoms with Gasteiger partial charge in [-0.1, -0.05) is 111 Å². The van der Waals surface area contributed by atoms with Crippen LogP contribution < -0.4 is 9.47 Å². The first-order valence-electron chi connectivity index (χ1n) is 21.0. The number of hydrogen-bond donors (Lipinski definition) is 3. The summed E-state index contributed by atoms with van der Waals surface area (Å²) in [4.78, 5) is 36.4. The maximum absolute atomic E-state index is 12.5. The quantitative estimate of drug-likeness (QED) is 0.0450. The van der Waals surface area contributed by atoms with E-state index in [1.807, 2.05) is 18.2 Å². The molecule has 3 rings (SSSR count). The van der Waals surface area contributed by atoms with Crippen molar-refractivity contribution in [2.45, 2.75) is 187 Å². The second-order valence-corrected chi connectivity index (χ2v) is 16.7. The lowest BCUT2D eigenvalue weighted by Gasteiger charge is -2.36. The molecule has 0 saturated carbocycles. The van der Waals surface area contributed by atoms with Gasteiger partial charge < -0.3 is 34.3 Å². The third-order valence-corrected chi connectivity index (χ3v) is 11.0. The summed E-state index contributed by atoms with van der Waals surface area (Å²) < 4.78 is 21.9. The van der Waals surface area contributed by atoms with Gasteiger partial charge in [0.1, 0.15) is 23.2 Å². The van der Waals surface area contributed by atoms with Crippen LogP contribution in [0.3, 0.4) is 0 Å². The van der Waals surface area contributed by atoms with Crippen molar-refractivity contribution in [3.8, 4) is 11.5 Å². The van der Waals surface area contributed by atoms with Crippen LogP contribution in [-0.2, 0) is 30.3 Å².